The van der Waals surface area contributed by atoms with Crippen LogP contribution in [-0.4, -0.2) is 16.2 Å². The van der Waals surface area contributed by atoms with Crippen molar-refractivity contribution in [3.63, 3.8) is 0 Å². The van der Waals surface area contributed by atoms with E-state index in [4.69, 9.17) is 4.84 Å². The lowest BCUT2D eigenvalue weighted by atomic mass is 10.2. The van der Waals surface area contributed by atoms with E-state index in [1.54, 1.807) is 0 Å². The highest BCUT2D eigenvalue weighted by Gasteiger charge is 2.11. The summed E-state index contributed by atoms with van der Waals surface area (Å²) < 4.78 is 0.598. The maximum Gasteiger partial charge on any atom is 0.118 e. The Morgan fingerprint density at radius 1 is 1.88 bits per heavy atom. The largest absolute Gasteiger partial charge is 0.396 e. The lowest BCUT2D eigenvalue weighted by Crippen LogP contribution is -2.17. The third kappa shape index (κ3) is 1.34. The van der Waals surface area contributed by atoms with Crippen LogP contribution in [-0.2, 0) is 4.84 Å². The summed E-state index contributed by atoms with van der Waals surface area (Å²) in [5.74, 6) is 0. The van der Waals surface area contributed by atoms with Gasteiger partial charge in [-0.1, -0.05) is 27.7 Å². The molecule has 0 aromatic carbocycles. The van der Waals surface area contributed by atoms with E-state index < -0.39 is 0 Å². The van der Waals surface area contributed by atoms with Crippen molar-refractivity contribution in [2.75, 3.05) is 6.61 Å². The molecular formula is C5H8INO. The van der Waals surface area contributed by atoms with E-state index in [1.807, 2.05) is 6.92 Å². The van der Waals surface area contributed by atoms with Crippen molar-refractivity contribution in [3.05, 3.63) is 0 Å². The van der Waals surface area contributed by atoms with Gasteiger partial charge >= 0.3 is 0 Å². The molecule has 3 heteroatoms. The fraction of sp³-hybridized carbons (Fsp3) is 0.800. The van der Waals surface area contributed by atoms with E-state index in [0.717, 1.165) is 18.7 Å². The minimum absolute atomic E-state index is 0.598. The molecular weight excluding hydrogens is 217 g/mol. The first-order valence-electron chi connectivity index (χ1n) is 2.61. The summed E-state index contributed by atoms with van der Waals surface area (Å²) in [4.78, 5) is 4.84. The number of hydrogen-bond donors (Lipinski definition) is 0. The first-order valence-corrected chi connectivity index (χ1v) is 3.86. The lowest BCUT2D eigenvalue weighted by molar-refractivity contribution is 0.133. The average Bonchev–Trinajstić information content (AvgIpc) is 1.77. The first kappa shape index (κ1) is 6.32. The molecule has 0 aromatic heterocycles. The molecule has 1 aliphatic rings. The Labute approximate surface area is 62.4 Å². The third-order valence-electron chi connectivity index (χ3n) is 1.12. The van der Waals surface area contributed by atoms with Crippen LogP contribution in [0.4, 0.5) is 0 Å². The minimum atomic E-state index is 0.598. The van der Waals surface area contributed by atoms with E-state index >= 15 is 0 Å². The van der Waals surface area contributed by atoms with Gasteiger partial charge in [-0.2, -0.15) is 0 Å². The zero-order valence-corrected chi connectivity index (χ0v) is 6.88. The van der Waals surface area contributed by atoms with Crippen LogP contribution in [0.5, 0.6) is 0 Å². The lowest BCUT2D eigenvalue weighted by Gasteiger charge is -2.13. The number of hydrogen-bond acceptors (Lipinski definition) is 2. The molecule has 0 aliphatic carbocycles. The maximum absolute atomic E-state index is 4.84. The molecule has 0 saturated carbocycles. The predicted octanol–water partition coefficient (Wildman–Crippen LogP) is 1.59. The molecule has 0 saturated heterocycles. The molecule has 8 heavy (non-hydrogen) atoms. The van der Waals surface area contributed by atoms with Gasteiger partial charge in [0, 0.05) is 6.42 Å². The van der Waals surface area contributed by atoms with E-state index in [2.05, 4.69) is 27.7 Å². The molecule has 46 valence electrons. The smallest absolute Gasteiger partial charge is 0.118 e. The summed E-state index contributed by atoms with van der Waals surface area (Å²) in [6, 6.07) is 0. The molecule has 2 nitrogen and oxygen atoms in total. The van der Waals surface area contributed by atoms with Gasteiger partial charge in [-0.3, -0.25) is 0 Å². The molecule has 0 fully saturated rings. The molecule has 0 N–H and O–H groups in total. The first-order chi connectivity index (χ1) is 3.80. The van der Waals surface area contributed by atoms with Crippen molar-refractivity contribution in [3.8, 4) is 0 Å². The minimum Gasteiger partial charge on any atom is -0.396 e. The highest BCUT2D eigenvalue weighted by molar-refractivity contribution is 14.1. The van der Waals surface area contributed by atoms with Crippen LogP contribution in [0.2, 0.25) is 0 Å². The highest BCUT2D eigenvalue weighted by Crippen LogP contribution is 2.12. The molecule has 1 heterocycles. The summed E-state index contributed by atoms with van der Waals surface area (Å²) in [5, 5.41) is 3.82. The van der Waals surface area contributed by atoms with Crippen LogP contribution in [0, 0.1) is 0 Å². The second kappa shape index (κ2) is 2.66. The molecule has 1 atom stereocenters. The molecule has 0 bridgehead atoms. The van der Waals surface area contributed by atoms with Crippen molar-refractivity contribution in [1.29, 1.82) is 0 Å². The number of rotatable bonds is 0. The zero-order valence-electron chi connectivity index (χ0n) is 4.72. The van der Waals surface area contributed by atoms with E-state index in [-0.39, 0.29) is 0 Å². The van der Waals surface area contributed by atoms with Crippen LogP contribution in [0.3, 0.4) is 0 Å². The van der Waals surface area contributed by atoms with Crippen molar-refractivity contribution in [2.45, 2.75) is 17.3 Å². The van der Waals surface area contributed by atoms with Crippen LogP contribution in [0.1, 0.15) is 13.3 Å². The van der Waals surface area contributed by atoms with Crippen molar-refractivity contribution in [1.82, 2.24) is 0 Å². The molecule has 0 amide bonds. The van der Waals surface area contributed by atoms with E-state index in [0.29, 0.717) is 3.92 Å². The van der Waals surface area contributed by atoms with E-state index in [1.165, 1.54) is 0 Å². The van der Waals surface area contributed by atoms with Crippen molar-refractivity contribution >= 4 is 28.3 Å². The maximum atomic E-state index is 4.84. The zero-order chi connectivity index (χ0) is 5.98. The van der Waals surface area contributed by atoms with Gasteiger partial charge < -0.3 is 4.84 Å². The van der Waals surface area contributed by atoms with Gasteiger partial charge in [0.1, 0.15) is 6.61 Å². The van der Waals surface area contributed by atoms with Crippen molar-refractivity contribution in [2.24, 2.45) is 5.16 Å². The Hall–Kier alpha value is 0.200. The summed E-state index contributed by atoms with van der Waals surface area (Å²) in [7, 11) is 0. The van der Waals surface area contributed by atoms with Gasteiger partial charge in [0.25, 0.3) is 0 Å². The normalized spacial score (nSPS) is 28.8. The molecule has 0 spiro atoms. The number of halogens is 1. The monoisotopic (exact) mass is 225 g/mol. The number of nitrogens with zero attached hydrogens (tertiary/aromatic N) is 1. The Morgan fingerprint density at radius 2 is 2.62 bits per heavy atom. The van der Waals surface area contributed by atoms with Crippen LogP contribution in [0.25, 0.3) is 0 Å². The summed E-state index contributed by atoms with van der Waals surface area (Å²) in [6.45, 7) is 2.78. The third-order valence-corrected chi connectivity index (χ3v) is 2.65. The summed E-state index contributed by atoms with van der Waals surface area (Å²) >= 11 is 2.37. The van der Waals surface area contributed by atoms with Gasteiger partial charge in [-0.25, -0.2) is 0 Å². The Kier molecular flexibility index (Phi) is 2.10. The van der Waals surface area contributed by atoms with E-state index in [9.17, 15) is 0 Å². The average molecular weight is 225 g/mol. The molecule has 1 rings (SSSR count). The number of oxime groups is 1. The fourth-order valence-electron chi connectivity index (χ4n) is 0.570. The quantitative estimate of drug-likeness (QED) is 0.453. The van der Waals surface area contributed by atoms with Crippen molar-refractivity contribution < 1.29 is 4.84 Å². The fourth-order valence-corrected chi connectivity index (χ4v) is 0.938. The van der Waals surface area contributed by atoms with Gasteiger partial charge in [0.2, 0.25) is 0 Å². The van der Waals surface area contributed by atoms with Crippen LogP contribution >= 0.6 is 22.6 Å². The molecule has 1 unspecified atom stereocenters. The second-order valence-electron chi connectivity index (χ2n) is 1.82. The summed E-state index contributed by atoms with van der Waals surface area (Å²) in [5.41, 5.74) is 1.11. The second-order valence-corrected chi connectivity index (χ2v) is 3.33. The summed E-state index contributed by atoms with van der Waals surface area (Å²) in [6.07, 6.45) is 1.11. The predicted molar refractivity (Wildman–Crippen MR) is 41.5 cm³/mol. The Balaban J connectivity index is 2.53. The molecule has 0 aromatic rings. The standard InChI is InChI=1S/C5H8INO/c1-4-5(6)2-3-8-7-4/h5H,2-3H2,1H3. The van der Waals surface area contributed by atoms with Gasteiger partial charge in [0.15, 0.2) is 0 Å². The number of alkyl halides is 1. The SMILES string of the molecule is CC1=NOCCC1I. The van der Waals surface area contributed by atoms with Gasteiger partial charge in [-0.15, -0.1) is 0 Å². The van der Waals surface area contributed by atoms with Crippen LogP contribution in [0.15, 0.2) is 5.16 Å². The Bertz CT molecular complexity index is 113. The van der Waals surface area contributed by atoms with Crippen LogP contribution < -0.4 is 0 Å². The Morgan fingerprint density at radius 3 is 3.00 bits per heavy atom. The highest BCUT2D eigenvalue weighted by atomic mass is 127. The topological polar surface area (TPSA) is 21.6 Å². The molecule has 0 radical (unpaired) electrons. The van der Waals surface area contributed by atoms with Gasteiger partial charge in [0.05, 0.1) is 9.64 Å². The van der Waals surface area contributed by atoms with Gasteiger partial charge in [-0.05, 0) is 6.92 Å². The molecule has 1 aliphatic heterocycles.